The lowest BCUT2D eigenvalue weighted by molar-refractivity contribution is 0.0773. The van der Waals surface area contributed by atoms with E-state index in [-0.39, 0.29) is 11.9 Å². The van der Waals surface area contributed by atoms with Crippen molar-refractivity contribution in [2.45, 2.75) is 19.5 Å². The number of carbonyl (C=O) groups is 2. The van der Waals surface area contributed by atoms with Crippen molar-refractivity contribution in [3.63, 3.8) is 0 Å². The fraction of sp³-hybridized carbons (Fsp3) is 0.214. The summed E-state index contributed by atoms with van der Waals surface area (Å²) in [6, 6.07) is 23.2. The highest BCUT2D eigenvalue weighted by Gasteiger charge is 2.23. The summed E-state index contributed by atoms with van der Waals surface area (Å²) in [6.07, 6.45) is 2.90. The maximum absolute atomic E-state index is 12.8. The van der Waals surface area contributed by atoms with Crippen LogP contribution in [0.15, 0.2) is 78.9 Å². The number of anilines is 1. The Labute approximate surface area is 199 Å². The van der Waals surface area contributed by atoms with E-state index in [2.05, 4.69) is 23.5 Å². The Bertz CT molecular complexity index is 1210. The molecule has 1 N–H and O–H groups in total. The highest BCUT2D eigenvalue weighted by Crippen LogP contribution is 2.26. The third-order valence-corrected chi connectivity index (χ3v) is 6.47. The number of ether oxygens (including phenoxy) is 1. The van der Waals surface area contributed by atoms with Crippen LogP contribution in [0.4, 0.5) is 10.5 Å². The van der Waals surface area contributed by atoms with Crippen LogP contribution in [0.3, 0.4) is 0 Å². The summed E-state index contributed by atoms with van der Waals surface area (Å²) in [7, 11) is 1.61. The highest BCUT2D eigenvalue weighted by atomic mass is 16.5. The Morgan fingerprint density at radius 3 is 2.12 bits per heavy atom. The molecule has 0 aliphatic carbocycles. The molecule has 0 spiro atoms. The van der Waals surface area contributed by atoms with E-state index in [1.165, 1.54) is 16.7 Å². The molecule has 6 nitrogen and oxygen atoms in total. The molecule has 0 fully saturated rings. The first-order valence-corrected chi connectivity index (χ1v) is 11.5. The number of hydrogen-bond donors (Lipinski definition) is 1. The molecule has 6 heteroatoms. The molecule has 0 saturated carbocycles. The van der Waals surface area contributed by atoms with Crippen molar-refractivity contribution < 1.29 is 14.3 Å². The third kappa shape index (κ3) is 4.53. The maximum atomic E-state index is 12.8. The van der Waals surface area contributed by atoms with Crippen LogP contribution in [-0.4, -0.2) is 41.9 Å². The fourth-order valence-electron chi connectivity index (χ4n) is 4.48. The number of fused-ring (bicyclic) bond motifs is 1. The lowest BCUT2D eigenvalue weighted by Gasteiger charge is -2.27. The van der Waals surface area contributed by atoms with Crippen molar-refractivity contribution in [2.75, 3.05) is 25.5 Å². The molecule has 3 amide bonds. The molecule has 0 bridgehead atoms. The zero-order chi connectivity index (χ0) is 23.5. The molecule has 3 aromatic carbocycles. The van der Waals surface area contributed by atoms with Gasteiger partial charge in [-0.05, 0) is 65.1 Å². The summed E-state index contributed by atoms with van der Waals surface area (Å²) in [5.74, 6) is 0.766. The minimum absolute atomic E-state index is 0.0278. The second kappa shape index (κ2) is 9.43. The molecule has 0 atom stereocenters. The van der Waals surface area contributed by atoms with Gasteiger partial charge in [0, 0.05) is 37.4 Å². The minimum atomic E-state index is -0.0893. The quantitative estimate of drug-likeness (QED) is 0.593. The molecule has 2 aliphatic heterocycles. The second-order valence-electron chi connectivity index (χ2n) is 8.59. The fourth-order valence-corrected chi connectivity index (χ4v) is 4.48. The van der Waals surface area contributed by atoms with Crippen LogP contribution in [0.1, 0.15) is 33.5 Å². The van der Waals surface area contributed by atoms with Crippen molar-refractivity contribution in [2.24, 2.45) is 0 Å². The van der Waals surface area contributed by atoms with Gasteiger partial charge >= 0.3 is 6.03 Å². The molecule has 172 valence electrons. The monoisotopic (exact) mass is 453 g/mol. The minimum Gasteiger partial charge on any atom is -0.497 e. The lowest BCUT2D eigenvalue weighted by atomic mass is 9.99. The summed E-state index contributed by atoms with van der Waals surface area (Å²) in [6.45, 7) is 2.52. The smallest absolute Gasteiger partial charge is 0.322 e. The molecule has 2 heterocycles. The van der Waals surface area contributed by atoms with Crippen LogP contribution in [0.25, 0.3) is 5.57 Å². The van der Waals surface area contributed by atoms with E-state index in [0.29, 0.717) is 31.7 Å². The Kier molecular flexibility index (Phi) is 6.04. The Morgan fingerprint density at radius 1 is 0.853 bits per heavy atom. The van der Waals surface area contributed by atoms with E-state index in [1.807, 2.05) is 46.2 Å². The second-order valence-corrected chi connectivity index (χ2v) is 8.59. The van der Waals surface area contributed by atoms with E-state index in [0.717, 1.165) is 23.4 Å². The average molecular weight is 454 g/mol. The lowest BCUT2D eigenvalue weighted by Crippen LogP contribution is -2.34. The van der Waals surface area contributed by atoms with Gasteiger partial charge in [0.25, 0.3) is 5.91 Å². The van der Waals surface area contributed by atoms with E-state index in [9.17, 15) is 9.59 Å². The largest absolute Gasteiger partial charge is 0.497 e. The molecular weight excluding hydrogens is 426 g/mol. The molecular formula is C28H27N3O3. The van der Waals surface area contributed by atoms with Crippen molar-refractivity contribution in [1.82, 2.24) is 9.80 Å². The van der Waals surface area contributed by atoms with E-state index >= 15 is 0 Å². The number of nitrogens with zero attached hydrogens (tertiary/aromatic N) is 2. The summed E-state index contributed by atoms with van der Waals surface area (Å²) in [5.41, 5.74) is 6.18. The summed E-state index contributed by atoms with van der Waals surface area (Å²) in [5, 5.41) is 3.00. The van der Waals surface area contributed by atoms with Crippen molar-refractivity contribution >= 4 is 23.2 Å². The zero-order valence-electron chi connectivity index (χ0n) is 19.2. The Balaban J connectivity index is 1.17. The number of amides is 3. The summed E-state index contributed by atoms with van der Waals surface area (Å²) in [4.78, 5) is 29.1. The first-order valence-electron chi connectivity index (χ1n) is 11.5. The van der Waals surface area contributed by atoms with Crippen LogP contribution >= 0.6 is 0 Å². The standard InChI is InChI=1S/C28H27N3O3/c1-34-26-12-8-22(9-13-26)27(32)30-16-14-21(15-17-30)20-6-10-25(11-7-20)29-28(33)31-18-23-4-2-3-5-24(23)19-31/h2-14H,15-19H2,1H3,(H,29,33). The van der Waals surface area contributed by atoms with Gasteiger partial charge in [-0.15, -0.1) is 0 Å². The van der Waals surface area contributed by atoms with Gasteiger partial charge in [-0.25, -0.2) is 4.79 Å². The van der Waals surface area contributed by atoms with Crippen LogP contribution in [0.5, 0.6) is 5.75 Å². The molecule has 5 rings (SSSR count). The number of urea groups is 1. The van der Waals surface area contributed by atoms with Crippen molar-refractivity contribution in [3.05, 3.63) is 101 Å². The van der Waals surface area contributed by atoms with Gasteiger partial charge < -0.3 is 19.9 Å². The Morgan fingerprint density at radius 2 is 1.53 bits per heavy atom. The van der Waals surface area contributed by atoms with Gasteiger partial charge in [0.15, 0.2) is 0 Å². The van der Waals surface area contributed by atoms with Gasteiger partial charge in [-0.2, -0.15) is 0 Å². The number of methoxy groups -OCH3 is 1. The number of rotatable bonds is 4. The van der Waals surface area contributed by atoms with Gasteiger partial charge in [0.2, 0.25) is 0 Å². The van der Waals surface area contributed by atoms with Crippen LogP contribution < -0.4 is 10.1 Å². The first kappa shape index (κ1) is 21.8. The van der Waals surface area contributed by atoms with Gasteiger partial charge in [-0.3, -0.25) is 4.79 Å². The van der Waals surface area contributed by atoms with Crippen molar-refractivity contribution in [3.8, 4) is 5.75 Å². The van der Waals surface area contributed by atoms with Crippen LogP contribution in [0, 0.1) is 0 Å². The number of carbonyl (C=O) groups excluding carboxylic acids is 2. The molecule has 0 saturated heterocycles. The number of nitrogens with one attached hydrogen (secondary N) is 1. The molecule has 2 aliphatic rings. The average Bonchev–Trinajstić information content (AvgIpc) is 3.34. The van der Waals surface area contributed by atoms with E-state index in [1.54, 1.807) is 31.4 Å². The predicted octanol–water partition coefficient (Wildman–Crippen LogP) is 5.17. The SMILES string of the molecule is COc1ccc(C(=O)N2CC=C(c3ccc(NC(=O)N4Cc5ccccc5C4)cc3)CC2)cc1. The molecule has 3 aromatic rings. The van der Waals surface area contributed by atoms with Gasteiger partial charge in [0.1, 0.15) is 5.75 Å². The summed E-state index contributed by atoms with van der Waals surface area (Å²) >= 11 is 0. The topological polar surface area (TPSA) is 61.9 Å². The predicted molar refractivity (Wildman–Crippen MR) is 133 cm³/mol. The normalized spacial score (nSPS) is 14.9. The van der Waals surface area contributed by atoms with Crippen LogP contribution in [0.2, 0.25) is 0 Å². The highest BCUT2D eigenvalue weighted by molar-refractivity contribution is 5.95. The number of hydrogen-bond acceptors (Lipinski definition) is 3. The molecule has 0 unspecified atom stereocenters. The zero-order valence-corrected chi connectivity index (χ0v) is 19.2. The molecule has 0 radical (unpaired) electrons. The number of benzene rings is 3. The maximum Gasteiger partial charge on any atom is 0.322 e. The summed E-state index contributed by atoms with van der Waals surface area (Å²) < 4.78 is 5.17. The first-order chi connectivity index (χ1) is 16.6. The van der Waals surface area contributed by atoms with Crippen molar-refractivity contribution in [1.29, 1.82) is 0 Å². The van der Waals surface area contributed by atoms with Gasteiger partial charge in [-0.1, -0.05) is 42.5 Å². The Hall–Kier alpha value is -4.06. The van der Waals surface area contributed by atoms with E-state index in [4.69, 9.17) is 4.74 Å². The van der Waals surface area contributed by atoms with Crippen LogP contribution in [-0.2, 0) is 13.1 Å². The van der Waals surface area contributed by atoms with Gasteiger partial charge in [0.05, 0.1) is 7.11 Å². The molecule has 0 aromatic heterocycles. The molecule has 34 heavy (non-hydrogen) atoms. The van der Waals surface area contributed by atoms with E-state index < -0.39 is 0 Å². The third-order valence-electron chi connectivity index (χ3n) is 6.47.